The maximum Gasteiger partial charge on any atom is 0.406 e. The molecular formula is C9H7BrF3NO3S. The zero-order chi connectivity index (χ0) is 13.9. The van der Waals surface area contributed by atoms with E-state index in [4.69, 9.17) is 5.11 Å². The summed E-state index contributed by atoms with van der Waals surface area (Å²) in [5, 5.41) is 9.87. The highest BCUT2D eigenvalue weighted by Crippen LogP contribution is 2.23. The second-order valence-corrected chi connectivity index (χ2v) is 5.60. The van der Waals surface area contributed by atoms with Gasteiger partial charge in [-0.2, -0.15) is 13.2 Å². The van der Waals surface area contributed by atoms with Crippen LogP contribution < -0.4 is 0 Å². The molecule has 0 aliphatic carbocycles. The summed E-state index contributed by atoms with van der Waals surface area (Å²) < 4.78 is 37.3. The number of nitrogens with zero attached hydrogens (tertiary/aromatic N) is 1. The minimum absolute atomic E-state index is 0.0253. The lowest BCUT2D eigenvalue weighted by Gasteiger charge is -2.21. The van der Waals surface area contributed by atoms with Crippen molar-refractivity contribution >= 4 is 39.1 Å². The summed E-state index contributed by atoms with van der Waals surface area (Å²) in [5.74, 6) is -2.46. The van der Waals surface area contributed by atoms with Crippen LogP contribution in [0.1, 0.15) is 10.4 Å². The van der Waals surface area contributed by atoms with E-state index in [1.54, 1.807) is 0 Å². The molecule has 0 atom stereocenters. The Hall–Kier alpha value is -1.09. The number of aliphatic carboxylic acids is 1. The van der Waals surface area contributed by atoms with Gasteiger partial charge < -0.3 is 10.0 Å². The fourth-order valence-corrected chi connectivity index (χ4v) is 2.31. The van der Waals surface area contributed by atoms with Crippen molar-refractivity contribution in [3.8, 4) is 0 Å². The number of carbonyl (C=O) groups is 2. The molecule has 1 amide bonds. The number of hydrogen-bond acceptors (Lipinski definition) is 3. The Morgan fingerprint density at radius 2 is 2.06 bits per heavy atom. The van der Waals surface area contributed by atoms with Gasteiger partial charge in [0.25, 0.3) is 5.91 Å². The normalized spacial score (nSPS) is 11.3. The SMILES string of the molecule is O=C(O)CN(CC(F)(F)F)C(=O)c1csc(Br)c1. The van der Waals surface area contributed by atoms with E-state index in [1.165, 1.54) is 11.4 Å². The number of alkyl halides is 3. The van der Waals surface area contributed by atoms with Gasteiger partial charge in [0.15, 0.2) is 0 Å². The van der Waals surface area contributed by atoms with Crippen molar-refractivity contribution in [3.63, 3.8) is 0 Å². The Labute approximate surface area is 112 Å². The van der Waals surface area contributed by atoms with Crippen molar-refractivity contribution in [1.82, 2.24) is 4.90 Å². The van der Waals surface area contributed by atoms with Gasteiger partial charge in [-0.05, 0) is 22.0 Å². The maximum atomic E-state index is 12.2. The molecule has 0 spiro atoms. The van der Waals surface area contributed by atoms with Gasteiger partial charge in [-0.15, -0.1) is 11.3 Å². The van der Waals surface area contributed by atoms with Crippen molar-refractivity contribution in [3.05, 3.63) is 20.8 Å². The highest BCUT2D eigenvalue weighted by atomic mass is 79.9. The quantitative estimate of drug-likeness (QED) is 0.912. The number of thiophene rings is 1. The number of halogens is 4. The number of rotatable bonds is 4. The third-order valence-electron chi connectivity index (χ3n) is 1.80. The molecule has 0 aliphatic heterocycles. The van der Waals surface area contributed by atoms with Gasteiger partial charge in [-0.1, -0.05) is 0 Å². The third kappa shape index (κ3) is 4.65. The summed E-state index contributed by atoms with van der Waals surface area (Å²) in [6.45, 7) is -2.59. The Bertz CT molecular complexity index is 460. The summed E-state index contributed by atoms with van der Waals surface area (Å²) in [4.78, 5) is 22.4. The Morgan fingerprint density at radius 3 is 2.44 bits per heavy atom. The second-order valence-electron chi connectivity index (χ2n) is 3.31. The Balaban J connectivity index is 2.88. The number of amides is 1. The van der Waals surface area contributed by atoms with Crippen LogP contribution in [0.3, 0.4) is 0 Å². The average Bonchev–Trinajstić information content (AvgIpc) is 2.59. The van der Waals surface area contributed by atoms with E-state index >= 15 is 0 Å². The van der Waals surface area contributed by atoms with Crippen LogP contribution in [0.5, 0.6) is 0 Å². The zero-order valence-electron chi connectivity index (χ0n) is 8.70. The smallest absolute Gasteiger partial charge is 0.406 e. The predicted octanol–water partition coefficient (Wildman–Crippen LogP) is 2.60. The minimum Gasteiger partial charge on any atom is -0.480 e. The number of carboxylic acids is 1. The number of hydrogen-bond donors (Lipinski definition) is 1. The summed E-state index contributed by atoms with van der Waals surface area (Å²) in [5.41, 5.74) is 0.0253. The Kier molecular flexibility index (Phi) is 4.74. The first kappa shape index (κ1) is 15.0. The molecule has 0 saturated heterocycles. The molecule has 0 aliphatic rings. The standard InChI is InChI=1S/C9H7BrF3NO3S/c10-6-1-5(3-18-6)8(17)14(2-7(15)16)4-9(11,12)13/h1,3H,2,4H2,(H,15,16). The molecule has 0 unspecified atom stereocenters. The average molecular weight is 346 g/mol. The highest BCUT2D eigenvalue weighted by Gasteiger charge is 2.34. The van der Waals surface area contributed by atoms with Crippen LogP contribution in [-0.2, 0) is 4.79 Å². The van der Waals surface area contributed by atoms with Gasteiger partial charge in [0.2, 0.25) is 0 Å². The van der Waals surface area contributed by atoms with Crippen molar-refractivity contribution in [2.24, 2.45) is 0 Å². The lowest BCUT2D eigenvalue weighted by atomic mass is 10.3. The first-order valence-corrected chi connectivity index (χ1v) is 6.18. The van der Waals surface area contributed by atoms with Crippen molar-refractivity contribution in [2.75, 3.05) is 13.1 Å². The van der Waals surface area contributed by atoms with Crippen LogP contribution in [0.4, 0.5) is 13.2 Å². The van der Waals surface area contributed by atoms with E-state index in [0.29, 0.717) is 3.79 Å². The summed E-state index contributed by atoms with van der Waals surface area (Å²) in [6.07, 6.45) is -4.64. The lowest BCUT2D eigenvalue weighted by molar-refractivity contribution is -0.149. The molecule has 0 bridgehead atoms. The van der Waals surface area contributed by atoms with Crippen LogP contribution in [-0.4, -0.2) is 41.1 Å². The van der Waals surface area contributed by atoms with Gasteiger partial charge in [0.05, 0.1) is 9.35 Å². The van der Waals surface area contributed by atoms with E-state index in [1.807, 2.05) is 0 Å². The van der Waals surface area contributed by atoms with E-state index in [9.17, 15) is 22.8 Å². The first-order chi connectivity index (χ1) is 8.19. The second kappa shape index (κ2) is 5.70. The van der Waals surface area contributed by atoms with Crippen LogP contribution in [0.2, 0.25) is 0 Å². The van der Waals surface area contributed by atoms with Crippen molar-refractivity contribution < 1.29 is 27.9 Å². The van der Waals surface area contributed by atoms with Gasteiger partial charge >= 0.3 is 12.1 Å². The largest absolute Gasteiger partial charge is 0.480 e. The number of carboxylic acid groups (broad SMARTS) is 1. The third-order valence-corrected chi connectivity index (χ3v) is 3.30. The fourth-order valence-electron chi connectivity index (χ4n) is 1.18. The first-order valence-electron chi connectivity index (χ1n) is 4.51. The summed E-state index contributed by atoms with van der Waals surface area (Å²) in [7, 11) is 0. The number of carbonyl (C=O) groups excluding carboxylic acids is 1. The van der Waals surface area contributed by atoms with E-state index in [-0.39, 0.29) is 10.5 Å². The maximum absolute atomic E-state index is 12.2. The summed E-state index contributed by atoms with van der Waals surface area (Å²) in [6, 6.07) is 1.35. The van der Waals surface area contributed by atoms with Crippen molar-refractivity contribution in [2.45, 2.75) is 6.18 Å². The summed E-state index contributed by atoms with van der Waals surface area (Å²) >= 11 is 4.20. The van der Waals surface area contributed by atoms with Gasteiger partial charge in [0, 0.05) is 5.38 Å². The molecule has 0 saturated carbocycles. The topological polar surface area (TPSA) is 57.6 Å². The van der Waals surface area contributed by atoms with Crippen LogP contribution >= 0.6 is 27.3 Å². The Morgan fingerprint density at radius 1 is 1.44 bits per heavy atom. The van der Waals surface area contributed by atoms with Gasteiger partial charge in [-0.3, -0.25) is 9.59 Å². The van der Waals surface area contributed by atoms with Crippen molar-refractivity contribution in [1.29, 1.82) is 0 Å². The molecule has 100 valence electrons. The van der Waals surface area contributed by atoms with Crippen LogP contribution in [0, 0.1) is 0 Å². The van der Waals surface area contributed by atoms with Crippen LogP contribution in [0.25, 0.3) is 0 Å². The zero-order valence-corrected chi connectivity index (χ0v) is 11.1. The minimum atomic E-state index is -4.64. The molecule has 0 fully saturated rings. The highest BCUT2D eigenvalue weighted by molar-refractivity contribution is 9.11. The van der Waals surface area contributed by atoms with E-state index in [2.05, 4.69) is 15.9 Å². The predicted molar refractivity (Wildman–Crippen MR) is 61.6 cm³/mol. The molecular weight excluding hydrogens is 339 g/mol. The molecule has 1 rings (SSSR count). The molecule has 1 aromatic rings. The van der Waals surface area contributed by atoms with E-state index in [0.717, 1.165) is 11.3 Å². The van der Waals surface area contributed by atoms with E-state index < -0.39 is 31.1 Å². The molecule has 0 radical (unpaired) electrons. The fraction of sp³-hybridized carbons (Fsp3) is 0.333. The lowest BCUT2D eigenvalue weighted by Crippen LogP contribution is -2.41. The molecule has 1 N–H and O–H groups in total. The van der Waals surface area contributed by atoms with Gasteiger partial charge in [-0.25, -0.2) is 0 Å². The molecule has 0 aromatic carbocycles. The monoisotopic (exact) mass is 345 g/mol. The molecule has 4 nitrogen and oxygen atoms in total. The molecule has 1 aromatic heterocycles. The van der Waals surface area contributed by atoms with Crippen LogP contribution in [0.15, 0.2) is 15.2 Å². The van der Waals surface area contributed by atoms with Gasteiger partial charge in [0.1, 0.15) is 13.1 Å². The molecule has 1 heterocycles. The molecule has 18 heavy (non-hydrogen) atoms. The molecule has 9 heteroatoms.